The average Bonchev–Trinajstić information content (AvgIpc) is 2.67. The van der Waals surface area contributed by atoms with E-state index in [1.165, 1.54) is 28.8 Å². The third kappa shape index (κ3) is 2.71. The predicted molar refractivity (Wildman–Crippen MR) is 99.0 cm³/mol. The van der Waals surface area contributed by atoms with Crippen LogP contribution in [0.15, 0.2) is 41.3 Å². The summed E-state index contributed by atoms with van der Waals surface area (Å²) in [4.78, 5) is 30.0. The van der Waals surface area contributed by atoms with Crippen LogP contribution in [-0.4, -0.2) is 39.3 Å². The van der Waals surface area contributed by atoms with Crippen LogP contribution in [0.5, 0.6) is 0 Å². The summed E-state index contributed by atoms with van der Waals surface area (Å²) in [5, 5.41) is 9.18. The van der Waals surface area contributed by atoms with Crippen LogP contribution in [0, 0.1) is 11.6 Å². The normalized spacial score (nSPS) is 18.9. The molecule has 4 rings (SSSR count). The quantitative estimate of drug-likeness (QED) is 0.713. The highest BCUT2D eigenvalue weighted by molar-refractivity contribution is 5.92. The van der Waals surface area contributed by atoms with Crippen LogP contribution in [0.3, 0.4) is 0 Å². The number of aromatic nitrogens is 2. The average molecular weight is 386 g/mol. The number of nitrogens with zero attached hydrogens (tertiary/aromatic N) is 3. The number of hydrogen-bond donors (Lipinski definition) is 2. The van der Waals surface area contributed by atoms with Gasteiger partial charge >= 0.3 is 5.97 Å². The Hall–Kier alpha value is -3.33. The molecule has 7 nitrogen and oxygen atoms in total. The number of hydrogen-bond acceptors (Lipinski definition) is 5. The van der Waals surface area contributed by atoms with E-state index in [4.69, 9.17) is 5.73 Å². The molecule has 2 atom stereocenters. The molecule has 1 aliphatic rings. The van der Waals surface area contributed by atoms with Crippen molar-refractivity contribution in [2.75, 3.05) is 11.4 Å². The molecular formula is C19H16F2N4O3. The number of carboxylic acid groups (broad SMARTS) is 1. The third-order valence-corrected chi connectivity index (χ3v) is 5.04. The van der Waals surface area contributed by atoms with Gasteiger partial charge in [0, 0.05) is 30.5 Å². The number of nitrogens with two attached hydrogens (primary N) is 1. The largest absolute Gasteiger partial charge is 0.477 e. The van der Waals surface area contributed by atoms with Gasteiger partial charge in [0.1, 0.15) is 11.4 Å². The van der Waals surface area contributed by atoms with Gasteiger partial charge in [0.2, 0.25) is 5.43 Å². The second-order valence-corrected chi connectivity index (χ2v) is 6.75. The maximum atomic E-state index is 14.7. The van der Waals surface area contributed by atoms with Crippen molar-refractivity contribution in [3.05, 3.63) is 63.9 Å². The van der Waals surface area contributed by atoms with Gasteiger partial charge in [-0.05, 0) is 37.3 Å². The molecule has 2 aromatic heterocycles. The summed E-state index contributed by atoms with van der Waals surface area (Å²) in [6.07, 6.45) is 1.11. The fourth-order valence-corrected chi connectivity index (χ4v) is 3.29. The van der Waals surface area contributed by atoms with Crippen LogP contribution in [0.4, 0.5) is 14.6 Å². The summed E-state index contributed by atoms with van der Waals surface area (Å²) in [5.41, 5.74) is 4.96. The van der Waals surface area contributed by atoms with E-state index >= 15 is 0 Å². The van der Waals surface area contributed by atoms with Gasteiger partial charge in [0.05, 0.1) is 5.39 Å². The molecule has 0 amide bonds. The highest BCUT2D eigenvalue weighted by Gasteiger charge is 2.35. The van der Waals surface area contributed by atoms with Gasteiger partial charge in [-0.3, -0.25) is 4.79 Å². The number of benzene rings is 1. The molecule has 3 aromatic rings. The minimum absolute atomic E-state index is 0.0278. The first kappa shape index (κ1) is 18.1. The van der Waals surface area contributed by atoms with E-state index in [9.17, 15) is 23.5 Å². The lowest BCUT2D eigenvalue weighted by atomic mass is 9.99. The number of anilines is 1. The summed E-state index contributed by atoms with van der Waals surface area (Å²) < 4.78 is 29.3. The lowest BCUT2D eigenvalue weighted by Crippen LogP contribution is -2.63. The summed E-state index contributed by atoms with van der Waals surface area (Å²) in [7, 11) is 0. The third-order valence-electron chi connectivity index (χ3n) is 5.04. The van der Waals surface area contributed by atoms with Gasteiger partial charge in [-0.2, -0.15) is 0 Å². The molecule has 0 radical (unpaired) electrons. The van der Waals surface area contributed by atoms with E-state index in [2.05, 4.69) is 4.98 Å². The number of carbonyl (C=O) groups is 1. The zero-order valence-electron chi connectivity index (χ0n) is 14.8. The van der Waals surface area contributed by atoms with Gasteiger partial charge in [0.15, 0.2) is 17.3 Å². The Balaban J connectivity index is 2.02. The molecule has 1 saturated heterocycles. The van der Waals surface area contributed by atoms with Crippen molar-refractivity contribution >= 4 is 22.8 Å². The molecule has 28 heavy (non-hydrogen) atoms. The minimum Gasteiger partial charge on any atom is -0.477 e. The summed E-state index contributed by atoms with van der Waals surface area (Å²) >= 11 is 0. The molecule has 0 bridgehead atoms. The Kier molecular flexibility index (Phi) is 4.11. The van der Waals surface area contributed by atoms with Crippen molar-refractivity contribution in [2.45, 2.75) is 19.0 Å². The Morgan fingerprint density at radius 1 is 1.29 bits per heavy atom. The van der Waals surface area contributed by atoms with E-state index in [1.54, 1.807) is 4.90 Å². The van der Waals surface area contributed by atoms with E-state index in [-0.39, 0.29) is 28.9 Å². The van der Waals surface area contributed by atoms with Crippen molar-refractivity contribution in [3.63, 3.8) is 0 Å². The Morgan fingerprint density at radius 2 is 1.96 bits per heavy atom. The molecule has 3 N–H and O–H groups in total. The molecule has 9 heteroatoms. The maximum absolute atomic E-state index is 14.7. The van der Waals surface area contributed by atoms with Crippen LogP contribution >= 0.6 is 0 Å². The zero-order valence-corrected chi connectivity index (χ0v) is 14.8. The van der Waals surface area contributed by atoms with E-state index in [0.29, 0.717) is 12.2 Å². The number of halogens is 2. The van der Waals surface area contributed by atoms with Crippen molar-refractivity contribution in [3.8, 4) is 5.69 Å². The fraction of sp³-hybridized carbons (Fsp3) is 0.211. The fourth-order valence-electron chi connectivity index (χ4n) is 3.29. The minimum atomic E-state index is -1.45. The molecule has 0 saturated carbocycles. The second-order valence-electron chi connectivity index (χ2n) is 6.75. The maximum Gasteiger partial charge on any atom is 0.341 e. The molecule has 0 unspecified atom stereocenters. The topological polar surface area (TPSA) is 101 Å². The Labute approximate surface area is 157 Å². The molecule has 1 fully saturated rings. The summed E-state index contributed by atoms with van der Waals surface area (Å²) in [5.74, 6) is -2.64. The van der Waals surface area contributed by atoms with Gasteiger partial charge in [-0.15, -0.1) is 0 Å². The monoisotopic (exact) mass is 386 g/mol. The Bertz CT molecular complexity index is 1160. The van der Waals surface area contributed by atoms with E-state index in [0.717, 1.165) is 12.3 Å². The summed E-state index contributed by atoms with van der Waals surface area (Å²) in [6, 6.07) is 5.95. The SMILES string of the molecule is C[C@@H]1[C@@H](N)CN1c1nc2c(cc1F)c(=O)c(C(=O)O)cn2-c1ccc(F)cc1. The highest BCUT2D eigenvalue weighted by Crippen LogP contribution is 2.29. The van der Waals surface area contributed by atoms with Gasteiger partial charge in [-0.25, -0.2) is 18.6 Å². The number of fused-ring (bicyclic) bond motifs is 1. The van der Waals surface area contributed by atoms with Crippen molar-refractivity contribution in [2.24, 2.45) is 5.73 Å². The van der Waals surface area contributed by atoms with Crippen LogP contribution in [0.25, 0.3) is 16.7 Å². The smallest absolute Gasteiger partial charge is 0.341 e. The standard InChI is InChI=1S/C19H16F2N4O3/c1-9-15(22)8-24(9)18-14(21)6-12-16(26)13(19(27)28)7-25(17(12)23-18)11-4-2-10(20)3-5-11/h2-7,9,15H,8,22H2,1H3,(H,27,28)/t9-,15+/m1/s1. The first-order valence-corrected chi connectivity index (χ1v) is 8.55. The van der Waals surface area contributed by atoms with Crippen molar-refractivity contribution in [1.29, 1.82) is 0 Å². The van der Waals surface area contributed by atoms with Crippen LogP contribution < -0.4 is 16.1 Å². The van der Waals surface area contributed by atoms with Gasteiger partial charge < -0.3 is 20.3 Å². The van der Waals surface area contributed by atoms with E-state index in [1.807, 2.05) is 6.92 Å². The number of carboxylic acids is 1. The van der Waals surface area contributed by atoms with Crippen LogP contribution in [0.1, 0.15) is 17.3 Å². The van der Waals surface area contributed by atoms with E-state index < -0.39 is 28.6 Å². The molecular weight excluding hydrogens is 370 g/mol. The van der Waals surface area contributed by atoms with Crippen LogP contribution in [0.2, 0.25) is 0 Å². The molecule has 3 heterocycles. The number of aromatic carboxylic acids is 1. The molecule has 1 aromatic carbocycles. The second kappa shape index (κ2) is 6.38. The molecule has 0 spiro atoms. The van der Waals surface area contributed by atoms with Crippen molar-refractivity contribution in [1.82, 2.24) is 9.55 Å². The zero-order chi connectivity index (χ0) is 20.2. The van der Waals surface area contributed by atoms with Gasteiger partial charge in [-0.1, -0.05) is 0 Å². The molecule has 144 valence electrons. The molecule has 0 aliphatic carbocycles. The first-order chi connectivity index (χ1) is 13.3. The van der Waals surface area contributed by atoms with Crippen LogP contribution in [-0.2, 0) is 0 Å². The predicted octanol–water partition coefficient (Wildman–Crippen LogP) is 1.90. The van der Waals surface area contributed by atoms with Crippen molar-refractivity contribution < 1.29 is 18.7 Å². The highest BCUT2D eigenvalue weighted by atomic mass is 19.1. The number of pyridine rings is 2. The lowest BCUT2D eigenvalue weighted by Gasteiger charge is -2.45. The first-order valence-electron chi connectivity index (χ1n) is 8.55. The number of rotatable bonds is 3. The Morgan fingerprint density at radius 3 is 2.54 bits per heavy atom. The van der Waals surface area contributed by atoms with Gasteiger partial charge in [0.25, 0.3) is 0 Å². The summed E-state index contributed by atoms with van der Waals surface area (Å²) in [6.45, 7) is 2.24. The molecule has 1 aliphatic heterocycles. The lowest BCUT2D eigenvalue weighted by molar-refractivity contribution is 0.0695.